The Morgan fingerprint density at radius 3 is 2.55 bits per heavy atom. The summed E-state index contributed by atoms with van der Waals surface area (Å²) in [7, 11) is -2.46. The third kappa shape index (κ3) is 5.27. The van der Waals surface area contributed by atoms with Crippen molar-refractivity contribution in [2.24, 2.45) is 0 Å². The van der Waals surface area contributed by atoms with Crippen molar-refractivity contribution < 1.29 is 22.8 Å². The van der Waals surface area contributed by atoms with E-state index in [0.717, 1.165) is 37.2 Å². The second kappa shape index (κ2) is 9.58. The number of nitrogens with zero attached hydrogens (tertiary/aromatic N) is 1. The number of carbonyl (C=O) groups is 1. The number of hydrogen-bond donors (Lipinski definition) is 2. The third-order valence-electron chi connectivity index (χ3n) is 4.92. The Balaban J connectivity index is 1.72. The lowest BCUT2D eigenvalue weighted by molar-refractivity contribution is -0.906. The highest BCUT2D eigenvalue weighted by molar-refractivity contribution is 7.93. The minimum Gasteiger partial charge on any atom is -0.370 e. The first-order valence-corrected chi connectivity index (χ1v) is 11.2. The van der Waals surface area contributed by atoms with Crippen LogP contribution in [0.15, 0.2) is 53.4 Å². The lowest BCUT2D eigenvalue weighted by Gasteiger charge is -2.23. The number of ether oxygens (including phenoxy) is 1. The second-order valence-electron chi connectivity index (χ2n) is 6.82. The molecule has 0 bridgehead atoms. The highest BCUT2D eigenvalue weighted by atomic mass is 35.5. The molecule has 1 aliphatic rings. The van der Waals surface area contributed by atoms with Crippen molar-refractivity contribution in [3.05, 3.63) is 59.1 Å². The molecule has 0 saturated carbocycles. The van der Waals surface area contributed by atoms with Gasteiger partial charge in [0.1, 0.15) is 18.0 Å². The normalized spacial score (nSPS) is 15.1. The molecule has 9 heteroatoms. The van der Waals surface area contributed by atoms with Crippen molar-refractivity contribution >= 4 is 33.2 Å². The SMILES string of the molecule is CN(c1ccccc1)S(=O)(=O)c1cc(C(=O)NCC[NH+]2CCOCC2)ccc1Cl. The number of rotatable bonds is 7. The number of benzene rings is 2. The van der Waals surface area contributed by atoms with Crippen LogP contribution >= 0.6 is 11.6 Å². The van der Waals surface area contributed by atoms with Gasteiger partial charge in [0.15, 0.2) is 0 Å². The maximum atomic E-state index is 13.0. The lowest BCUT2D eigenvalue weighted by Crippen LogP contribution is -3.14. The second-order valence-corrected chi connectivity index (χ2v) is 9.17. The number of sulfonamides is 1. The molecule has 1 heterocycles. The number of nitrogens with one attached hydrogen (secondary N) is 2. The van der Waals surface area contributed by atoms with Gasteiger partial charge in [-0.2, -0.15) is 0 Å². The van der Waals surface area contributed by atoms with Gasteiger partial charge in [-0.25, -0.2) is 8.42 Å². The summed E-state index contributed by atoms with van der Waals surface area (Å²) in [6.07, 6.45) is 0. The maximum absolute atomic E-state index is 13.0. The quantitative estimate of drug-likeness (QED) is 0.670. The van der Waals surface area contributed by atoms with Crippen LogP contribution in [0.3, 0.4) is 0 Å². The summed E-state index contributed by atoms with van der Waals surface area (Å²) in [4.78, 5) is 13.8. The molecule has 29 heavy (non-hydrogen) atoms. The van der Waals surface area contributed by atoms with Gasteiger partial charge in [-0.05, 0) is 30.3 Å². The minimum absolute atomic E-state index is 0.0714. The van der Waals surface area contributed by atoms with E-state index in [4.69, 9.17) is 16.3 Å². The number of morpholine rings is 1. The molecule has 1 aliphatic heterocycles. The standard InChI is InChI=1S/C20H24ClN3O4S/c1-23(17-5-3-2-4-6-17)29(26,27)19-15-16(7-8-18(19)21)20(25)22-9-10-24-11-13-28-14-12-24/h2-8,15H,9-14H2,1H3,(H,22,25)/p+1. The Labute approximate surface area is 176 Å². The predicted octanol–water partition coefficient (Wildman–Crippen LogP) is 0.810. The van der Waals surface area contributed by atoms with Crippen molar-refractivity contribution in [1.82, 2.24) is 5.32 Å². The Morgan fingerprint density at radius 2 is 1.86 bits per heavy atom. The van der Waals surface area contributed by atoms with Gasteiger partial charge >= 0.3 is 0 Å². The van der Waals surface area contributed by atoms with E-state index in [1.807, 2.05) is 0 Å². The molecule has 0 aliphatic carbocycles. The molecule has 2 aromatic carbocycles. The fraction of sp³-hybridized carbons (Fsp3) is 0.350. The first-order chi connectivity index (χ1) is 13.9. The van der Waals surface area contributed by atoms with Crippen molar-refractivity contribution in [2.75, 3.05) is 50.7 Å². The maximum Gasteiger partial charge on any atom is 0.265 e. The average Bonchev–Trinajstić information content (AvgIpc) is 2.74. The first kappa shape index (κ1) is 21.6. The fourth-order valence-corrected chi connectivity index (χ4v) is 4.83. The first-order valence-electron chi connectivity index (χ1n) is 9.42. The molecule has 1 fully saturated rings. The van der Waals surface area contributed by atoms with E-state index in [1.165, 1.54) is 30.1 Å². The van der Waals surface area contributed by atoms with Crippen LogP contribution in [-0.4, -0.2) is 60.8 Å². The number of anilines is 1. The van der Waals surface area contributed by atoms with Gasteiger partial charge in [0, 0.05) is 12.6 Å². The van der Waals surface area contributed by atoms with E-state index in [1.54, 1.807) is 30.3 Å². The van der Waals surface area contributed by atoms with Crippen LogP contribution in [0, 0.1) is 0 Å². The predicted molar refractivity (Wildman–Crippen MR) is 112 cm³/mol. The Bertz CT molecular complexity index is 947. The zero-order valence-electron chi connectivity index (χ0n) is 16.2. The van der Waals surface area contributed by atoms with E-state index in [2.05, 4.69) is 5.32 Å². The van der Waals surface area contributed by atoms with Gasteiger partial charge in [0.2, 0.25) is 0 Å². The number of quaternary nitrogens is 1. The van der Waals surface area contributed by atoms with Crippen LogP contribution in [0.25, 0.3) is 0 Å². The van der Waals surface area contributed by atoms with Crippen LogP contribution in [0.1, 0.15) is 10.4 Å². The third-order valence-corrected chi connectivity index (χ3v) is 7.18. The van der Waals surface area contributed by atoms with Crippen LogP contribution in [0.2, 0.25) is 5.02 Å². The van der Waals surface area contributed by atoms with E-state index in [-0.39, 0.29) is 21.4 Å². The summed E-state index contributed by atoms with van der Waals surface area (Å²) in [6, 6.07) is 13.0. The summed E-state index contributed by atoms with van der Waals surface area (Å²) < 4.78 is 32.6. The van der Waals surface area contributed by atoms with Crippen molar-refractivity contribution in [2.45, 2.75) is 4.90 Å². The molecule has 2 N–H and O–H groups in total. The lowest BCUT2D eigenvalue weighted by atomic mass is 10.2. The van der Waals surface area contributed by atoms with Gasteiger partial charge in [-0.1, -0.05) is 29.8 Å². The zero-order chi connectivity index (χ0) is 20.9. The Kier molecular flexibility index (Phi) is 7.13. The average molecular weight is 439 g/mol. The molecule has 156 valence electrons. The monoisotopic (exact) mass is 438 g/mol. The molecule has 3 rings (SSSR count). The number of hydrogen-bond acceptors (Lipinski definition) is 4. The molecule has 0 atom stereocenters. The van der Waals surface area contributed by atoms with E-state index in [0.29, 0.717) is 12.2 Å². The molecular weight excluding hydrogens is 414 g/mol. The van der Waals surface area contributed by atoms with Gasteiger partial charge in [0.25, 0.3) is 15.9 Å². The molecule has 2 aromatic rings. The smallest absolute Gasteiger partial charge is 0.265 e. The van der Waals surface area contributed by atoms with E-state index >= 15 is 0 Å². The minimum atomic E-state index is -3.91. The molecule has 0 unspecified atom stereocenters. The number of carbonyl (C=O) groups excluding carboxylic acids is 1. The summed E-state index contributed by atoms with van der Waals surface area (Å²) >= 11 is 6.17. The van der Waals surface area contributed by atoms with Crippen molar-refractivity contribution in [1.29, 1.82) is 0 Å². The van der Waals surface area contributed by atoms with Gasteiger partial charge in [-0.3, -0.25) is 9.10 Å². The van der Waals surface area contributed by atoms with Gasteiger partial charge < -0.3 is 15.0 Å². The van der Waals surface area contributed by atoms with Crippen LogP contribution in [-0.2, 0) is 14.8 Å². The van der Waals surface area contributed by atoms with Gasteiger partial charge in [-0.15, -0.1) is 0 Å². The topological polar surface area (TPSA) is 80.2 Å². The molecule has 0 aromatic heterocycles. The summed E-state index contributed by atoms with van der Waals surface area (Å²) in [5, 5.41) is 2.92. The highest BCUT2D eigenvalue weighted by Gasteiger charge is 2.25. The number of amides is 1. The summed E-state index contributed by atoms with van der Waals surface area (Å²) in [5.74, 6) is -0.326. The molecule has 0 radical (unpaired) electrons. The molecule has 0 spiro atoms. The largest absolute Gasteiger partial charge is 0.370 e. The van der Waals surface area contributed by atoms with Crippen LogP contribution < -0.4 is 14.5 Å². The molecule has 1 amide bonds. The molecular formula is C20H25ClN3O4S+. The van der Waals surface area contributed by atoms with E-state index < -0.39 is 10.0 Å². The van der Waals surface area contributed by atoms with Crippen LogP contribution in [0.4, 0.5) is 5.69 Å². The summed E-state index contributed by atoms with van der Waals surface area (Å²) in [5.41, 5.74) is 0.762. The molecule has 7 nitrogen and oxygen atoms in total. The molecule has 1 saturated heterocycles. The van der Waals surface area contributed by atoms with E-state index in [9.17, 15) is 13.2 Å². The summed E-state index contributed by atoms with van der Waals surface area (Å²) in [6.45, 7) is 4.61. The Morgan fingerprint density at radius 1 is 1.17 bits per heavy atom. The number of para-hydroxylation sites is 1. The van der Waals surface area contributed by atoms with Crippen molar-refractivity contribution in [3.8, 4) is 0 Å². The van der Waals surface area contributed by atoms with Crippen LogP contribution in [0.5, 0.6) is 0 Å². The fourth-order valence-electron chi connectivity index (χ4n) is 3.13. The zero-order valence-corrected chi connectivity index (χ0v) is 17.8. The Hall–Kier alpha value is -2.13. The number of halogens is 1. The highest BCUT2D eigenvalue weighted by Crippen LogP contribution is 2.28. The van der Waals surface area contributed by atoms with Gasteiger partial charge in [0.05, 0.1) is 37.0 Å². The van der Waals surface area contributed by atoms with Crippen molar-refractivity contribution in [3.63, 3.8) is 0 Å².